The maximum Gasteiger partial charge on any atom is 0.191 e. The summed E-state index contributed by atoms with van der Waals surface area (Å²) in [6.07, 6.45) is 3.70. The number of guanidine groups is 1. The summed E-state index contributed by atoms with van der Waals surface area (Å²) in [7, 11) is 2.22. The van der Waals surface area contributed by atoms with Crippen LogP contribution in [0.25, 0.3) is 0 Å². The zero-order valence-corrected chi connectivity index (χ0v) is 17.9. The minimum atomic E-state index is 0. The molecule has 6 heteroatoms. The third kappa shape index (κ3) is 10.4. The Morgan fingerprint density at radius 2 is 1.78 bits per heavy atom. The molecular formula is C17H38IN5. The highest BCUT2D eigenvalue weighted by atomic mass is 127. The normalized spacial score (nSPS) is 17.7. The molecule has 0 saturated carbocycles. The lowest BCUT2D eigenvalue weighted by atomic mass is 10.0. The first-order valence-electron chi connectivity index (χ1n) is 9.12. The third-order valence-corrected chi connectivity index (χ3v) is 4.54. The molecule has 23 heavy (non-hydrogen) atoms. The van der Waals surface area contributed by atoms with Crippen molar-refractivity contribution in [2.24, 2.45) is 10.9 Å². The first-order valence-corrected chi connectivity index (χ1v) is 9.12. The van der Waals surface area contributed by atoms with E-state index >= 15 is 0 Å². The molecule has 1 aliphatic rings. The second-order valence-electron chi connectivity index (χ2n) is 6.33. The van der Waals surface area contributed by atoms with Gasteiger partial charge >= 0.3 is 0 Å². The van der Waals surface area contributed by atoms with Crippen LogP contribution in [0.3, 0.4) is 0 Å². The Bertz CT molecular complexity index is 307. The van der Waals surface area contributed by atoms with E-state index in [0.717, 1.165) is 32.1 Å². The second-order valence-corrected chi connectivity index (χ2v) is 6.33. The Hall–Kier alpha value is -0.0800. The topological polar surface area (TPSA) is 42.9 Å². The van der Waals surface area contributed by atoms with Crippen molar-refractivity contribution >= 4 is 29.9 Å². The predicted molar refractivity (Wildman–Crippen MR) is 112 cm³/mol. The number of hydrogen-bond donors (Lipinski definition) is 2. The summed E-state index contributed by atoms with van der Waals surface area (Å²) in [5, 5.41) is 6.84. The van der Waals surface area contributed by atoms with Crippen LogP contribution in [0, 0.1) is 5.92 Å². The van der Waals surface area contributed by atoms with Gasteiger partial charge in [0.05, 0.1) is 0 Å². The molecule has 1 heterocycles. The van der Waals surface area contributed by atoms with Crippen molar-refractivity contribution in [2.45, 2.75) is 40.0 Å². The fourth-order valence-corrected chi connectivity index (χ4v) is 2.77. The molecule has 0 aromatic heterocycles. The molecule has 0 bridgehead atoms. The van der Waals surface area contributed by atoms with Gasteiger partial charge in [-0.15, -0.1) is 24.0 Å². The van der Waals surface area contributed by atoms with Crippen molar-refractivity contribution < 1.29 is 0 Å². The van der Waals surface area contributed by atoms with E-state index in [1.54, 1.807) is 0 Å². The maximum absolute atomic E-state index is 4.74. The summed E-state index contributed by atoms with van der Waals surface area (Å²) in [5.74, 6) is 1.68. The molecule has 0 unspecified atom stereocenters. The van der Waals surface area contributed by atoms with Gasteiger partial charge in [-0.05, 0) is 39.4 Å². The summed E-state index contributed by atoms with van der Waals surface area (Å²) < 4.78 is 0. The molecular weight excluding hydrogens is 401 g/mol. The summed E-state index contributed by atoms with van der Waals surface area (Å²) in [6, 6.07) is 0. The van der Waals surface area contributed by atoms with Crippen molar-refractivity contribution in [3.63, 3.8) is 0 Å². The molecule has 5 nitrogen and oxygen atoms in total. The van der Waals surface area contributed by atoms with Gasteiger partial charge in [-0.1, -0.05) is 26.7 Å². The van der Waals surface area contributed by atoms with E-state index < -0.39 is 0 Å². The highest BCUT2D eigenvalue weighted by molar-refractivity contribution is 14.0. The van der Waals surface area contributed by atoms with Crippen LogP contribution in [-0.4, -0.2) is 75.2 Å². The highest BCUT2D eigenvalue weighted by Gasteiger charge is 2.11. The van der Waals surface area contributed by atoms with E-state index in [-0.39, 0.29) is 24.0 Å². The SMILES string of the molecule is CCNC(=NCC(CC)CC)NCCN1CCCN(C)CC1.I. The van der Waals surface area contributed by atoms with Crippen molar-refractivity contribution in [3.8, 4) is 0 Å². The van der Waals surface area contributed by atoms with Gasteiger partial charge in [0.15, 0.2) is 5.96 Å². The number of halogens is 1. The number of aliphatic imine (C=N–C) groups is 1. The molecule has 1 aliphatic heterocycles. The summed E-state index contributed by atoms with van der Waals surface area (Å²) in [5.41, 5.74) is 0. The van der Waals surface area contributed by atoms with Crippen molar-refractivity contribution in [3.05, 3.63) is 0 Å². The number of rotatable bonds is 8. The molecule has 138 valence electrons. The van der Waals surface area contributed by atoms with E-state index in [1.165, 1.54) is 45.4 Å². The van der Waals surface area contributed by atoms with Crippen LogP contribution in [0.2, 0.25) is 0 Å². The van der Waals surface area contributed by atoms with Gasteiger partial charge in [0.2, 0.25) is 0 Å². The Balaban J connectivity index is 0.00000484. The van der Waals surface area contributed by atoms with Crippen molar-refractivity contribution in [2.75, 3.05) is 59.4 Å². The standard InChI is InChI=1S/C17H37N5.HI/c1-5-16(6-2)15-20-17(18-7-3)19-9-12-22-11-8-10-21(4)13-14-22;/h16H,5-15H2,1-4H3,(H2,18,19,20);1H. The van der Waals surface area contributed by atoms with E-state index in [1.807, 2.05) is 0 Å². The quantitative estimate of drug-likeness (QED) is 0.346. The average molecular weight is 439 g/mol. The zero-order valence-electron chi connectivity index (χ0n) is 15.6. The van der Waals surface area contributed by atoms with Gasteiger partial charge in [-0.25, -0.2) is 0 Å². The number of nitrogens with zero attached hydrogens (tertiary/aromatic N) is 3. The number of hydrogen-bond acceptors (Lipinski definition) is 3. The summed E-state index contributed by atoms with van der Waals surface area (Å²) in [4.78, 5) is 9.72. The lowest BCUT2D eigenvalue weighted by molar-refractivity contribution is 0.280. The molecule has 1 saturated heterocycles. The van der Waals surface area contributed by atoms with E-state index in [4.69, 9.17) is 4.99 Å². The summed E-state index contributed by atoms with van der Waals surface area (Å²) in [6.45, 7) is 15.3. The van der Waals surface area contributed by atoms with Crippen molar-refractivity contribution in [1.82, 2.24) is 20.4 Å². The van der Waals surface area contributed by atoms with Crippen LogP contribution in [0.1, 0.15) is 40.0 Å². The molecule has 0 aliphatic carbocycles. The molecule has 0 aromatic carbocycles. The minimum absolute atomic E-state index is 0. The van der Waals surface area contributed by atoms with Crippen LogP contribution in [0.5, 0.6) is 0 Å². The molecule has 0 atom stereocenters. The lowest BCUT2D eigenvalue weighted by Gasteiger charge is -2.21. The first kappa shape index (κ1) is 22.9. The van der Waals surface area contributed by atoms with Crippen LogP contribution in [0.4, 0.5) is 0 Å². The predicted octanol–water partition coefficient (Wildman–Crippen LogP) is 2.23. The molecule has 2 N–H and O–H groups in total. The lowest BCUT2D eigenvalue weighted by Crippen LogP contribution is -2.42. The van der Waals surface area contributed by atoms with Gasteiger partial charge in [0.25, 0.3) is 0 Å². The third-order valence-electron chi connectivity index (χ3n) is 4.54. The van der Waals surface area contributed by atoms with Crippen LogP contribution in [0.15, 0.2) is 4.99 Å². The number of nitrogens with one attached hydrogen (secondary N) is 2. The zero-order chi connectivity index (χ0) is 16.2. The van der Waals surface area contributed by atoms with Gasteiger partial charge < -0.3 is 20.4 Å². The average Bonchev–Trinajstić information content (AvgIpc) is 2.73. The Morgan fingerprint density at radius 1 is 1.04 bits per heavy atom. The fraction of sp³-hybridized carbons (Fsp3) is 0.941. The maximum atomic E-state index is 4.74. The summed E-state index contributed by atoms with van der Waals surface area (Å²) >= 11 is 0. The van der Waals surface area contributed by atoms with Crippen LogP contribution < -0.4 is 10.6 Å². The van der Waals surface area contributed by atoms with Crippen molar-refractivity contribution in [1.29, 1.82) is 0 Å². The van der Waals surface area contributed by atoms with E-state index in [0.29, 0.717) is 5.92 Å². The van der Waals surface area contributed by atoms with Gasteiger partial charge in [0.1, 0.15) is 0 Å². The second kappa shape index (κ2) is 14.3. The molecule has 0 spiro atoms. The van der Waals surface area contributed by atoms with Crippen LogP contribution in [-0.2, 0) is 0 Å². The fourth-order valence-electron chi connectivity index (χ4n) is 2.77. The highest BCUT2D eigenvalue weighted by Crippen LogP contribution is 2.07. The minimum Gasteiger partial charge on any atom is -0.357 e. The monoisotopic (exact) mass is 439 g/mol. The van der Waals surface area contributed by atoms with E-state index in [2.05, 4.69) is 48.3 Å². The molecule has 1 fully saturated rings. The van der Waals surface area contributed by atoms with Gasteiger partial charge in [-0.3, -0.25) is 4.99 Å². The first-order chi connectivity index (χ1) is 10.7. The van der Waals surface area contributed by atoms with Gasteiger partial charge in [0, 0.05) is 39.3 Å². The molecule has 1 rings (SSSR count). The Morgan fingerprint density at radius 3 is 2.43 bits per heavy atom. The molecule has 0 radical (unpaired) electrons. The largest absolute Gasteiger partial charge is 0.357 e. The van der Waals surface area contributed by atoms with E-state index in [9.17, 15) is 0 Å². The Labute approximate surface area is 160 Å². The van der Waals surface area contributed by atoms with Gasteiger partial charge in [-0.2, -0.15) is 0 Å². The Kier molecular flexibility index (Phi) is 14.2. The smallest absolute Gasteiger partial charge is 0.191 e. The molecule has 0 aromatic rings. The molecule has 0 amide bonds. The number of likely N-dealkylation sites (N-methyl/N-ethyl adjacent to an activating group) is 1. The van der Waals surface area contributed by atoms with Crippen LogP contribution >= 0.6 is 24.0 Å².